The molecule has 17 heavy (non-hydrogen) atoms. The summed E-state index contributed by atoms with van der Waals surface area (Å²) in [6.45, 7) is 2.89. The minimum absolute atomic E-state index is 0. The van der Waals surface area contributed by atoms with Crippen LogP contribution in [0.4, 0.5) is 0 Å². The predicted octanol–water partition coefficient (Wildman–Crippen LogP) is 0.758. The van der Waals surface area contributed by atoms with E-state index in [1.165, 1.54) is 0 Å². The molecule has 0 radical (unpaired) electrons. The molecule has 102 valence electrons. The predicted molar refractivity (Wildman–Crippen MR) is 73.6 cm³/mol. The molecule has 0 saturated heterocycles. The van der Waals surface area contributed by atoms with Gasteiger partial charge in [0.2, 0.25) is 0 Å². The Hall–Kier alpha value is 1.16. The SMILES string of the molecule is C=CC.C=CC.OP(O)(O)=S.OP(O)(O)=S.[Zn]. The summed E-state index contributed by atoms with van der Waals surface area (Å²) in [4.78, 5) is 45.3. The van der Waals surface area contributed by atoms with Crippen molar-refractivity contribution >= 4 is 37.1 Å². The van der Waals surface area contributed by atoms with Gasteiger partial charge in [-0.2, -0.15) is 0 Å². The number of hydrogen-bond donors (Lipinski definition) is 6. The van der Waals surface area contributed by atoms with Crippen molar-refractivity contribution in [3.05, 3.63) is 25.3 Å². The van der Waals surface area contributed by atoms with E-state index in [4.69, 9.17) is 29.4 Å². The molecular formula is C6H18O6P2S2Zn. The van der Waals surface area contributed by atoms with Crippen LogP contribution in [0.1, 0.15) is 13.8 Å². The van der Waals surface area contributed by atoms with Crippen molar-refractivity contribution in [3.8, 4) is 0 Å². The molecular weight excluding hydrogens is 360 g/mol. The van der Waals surface area contributed by atoms with E-state index in [-0.39, 0.29) is 19.5 Å². The molecule has 0 aromatic rings. The van der Waals surface area contributed by atoms with Gasteiger partial charge in [0.1, 0.15) is 0 Å². The maximum Gasteiger partial charge on any atom is 0.319 e. The quantitative estimate of drug-likeness (QED) is 0.208. The van der Waals surface area contributed by atoms with E-state index in [9.17, 15) is 0 Å². The molecule has 0 spiro atoms. The van der Waals surface area contributed by atoms with E-state index < -0.39 is 13.4 Å². The molecule has 0 atom stereocenters. The largest absolute Gasteiger partial charge is 0.325 e. The third kappa shape index (κ3) is 2920. The molecule has 0 aromatic heterocycles. The monoisotopic (exact) mass is 376 g/mol. The van der Waals surface area contributed by atoms with Gasteiger partial charge >= 0.3 is 13.4 Å². The van der Waals surface area contributed by atoms with Gasteiger partial charge in [-0.3, -0.25) is 0 Å². The van der Waals surface area contributed by atoms with Crippen LogP contribution in [0.3, 0.4) is 0 Å². The Labute approximate surface area is 125 Å². The van der Waals surface area contributed by atoms with Crippen molar-refractivity contribution in [2.24, 2.45) is 0 Å². The fourth-order valence-corrected chi connectivity index (χ4v) is 0. The molecule has 0 heterocycles. The van der Waals surface area contributed by atoms with Crippen LogP contribution in [-0.4, -0.2) is 29.4 Å². The Kier molecular flexibility index (Phi) is 35.4. The first kappa shape index (κ1) is 30.9. The first-order chi connectivity index (χ1) is 6.83. The number of allylic oxidation sites excluding steroid dienone is 2. The minimum Gasteiger partial charge on any atom is -0.325 e. The number of hydrogen-bond acceptors (Lipinski definition) is 2. The summed E-state index contributed by atoms with van der Waals surface area (Å²) >= 11 is 7.21. The molecule has 0 saturated carbocycles. The van der Waals surface area contributed by atoms with E-state index in [1.807, 2.05) is 13.8 Å². The molecule has 0 rings (SSSR count). The summed E-state index contributed by atoms with van der Waals surface area (Å²) < 4.78 is 0. The Morgan fingerprint density at radius 1 is 0.765 bits per heavy atom. The molecule has 0 aliphatic heterocycles. The van der Waals surface area contributed by atoms with Gasteiger partial charge in [0, 0.05) is 19.5 Å². The summed E-state index contributed by atoms with van der Waals surface area (Å²) in [5, 5.41) is 0. The Balaban J connectivity index is -0.0000000381. The zero-order valence-electron chi connectivity index (χ0n) is 9.67. The molecule has 0 aromatic carbocycles. The fraction of sp³-hybridized carbons (Fsp3) is 0.333. The summed E-state index contributed by atoms with van der Waals surface area (Å²) in [5.41, 5.74) is 0. The van der Waals surface area contributed by atoms with E-state index >= 15 is 0 Å². The maximum absolute atomic E-state index is 7.56. The van der Waals surface area contributed by atoms with E-state index in [0.717, 1.165) is 0 Å². The maximum atomic E-state index is 7.56. The van der Waals surface area contributed by atoms with Gasteiger partial charge in [0.25, 0.3) is 0 Å². The summed E-state index contributed by atoms with van der Waals surface area (Å²) in [6, 6.07) is 0. The molecule has 6 N–H and O–H groups in total. The fourth-order valence-electron chi connectivity index (χ4n) is 0. The Morgan fingerprint density at radius 3 is 0.765 bits per heavy atom. The van der Waals surface area contributed by atoms with E-state index in [1.54, 1.807) is 12.2 Å². The topological polar surface area (TPSA) is 121 Å². The van der Waals surface area contributed by atoms with Gasteiger partial charge in [-0.05, 0) is 37.5 Å². The van der Waals surface area contributed by atoms with Crippen molar-refractivity contribution in [3.63, 3.8) is 0 Å². The van der Waals surface area contributed by atoms with Crippen molar-refractivity contribution in [1.29, 1.82) is 0 Å². The average molecular weight is 378 g/mol. The third-order valence-electron chi connectivity index (χ3n) is 0. The van der Waals surface area contributed by atoms with Crippen molar-refractivity contribution < 1.29 is 48.8 Å². The standard InChI is InChI=1S/2C3H6.2H3O3PS.Zn/c2*1-3-2;2*1-4(2,3)5;/h2*3H,1H2,2H3;2*(H3,1,2,3,5);. The van der Waals surface area contributed by atoms with Gasteiger partial charge in [0.15, 0.2) is 0 Å². The third-order valence-corrected chi connectivity index (χ3v) is 0. The molecule has 0 aliphatic carbocycles. The van der Waals surface area contributed by atoms with Crippen LogP contribution >= 0.6 is 13.4 Å². The molecule has 6 nitrogen and oxygen atoms in total. The Morgan fingerprint density at radius 2 is 0.765 bits per heavy atom. The number of rotatable bonds is 0. The van der Waals surface area contributed by atoms with Crippen LogP contribution in [0.5, 0.6) is 0 Å². The normalized spacial score (nSPS) is 8.47. The molecule has 0 unspecified atom stereocenters. The molecule has 11 heteroatoms. The van der Waals surface area contributed by atoms with Gasteiger partial charge in [0.05, 0.1) is 0 Å². The van der Waals surface area contributed by atoms with Gasteiger partial charge in [-0.25, -0.2) is 0 Å². The van der Waals surface area contributed by atoms with Crippen molar-refractivity contribution in [1.82, 2.24) is 0 Å². The van der Waals surface area contributed by atoms with Gasteiger partial charge in [-0.15, -0.1) is 13.2 Å². The summed E-state index contributed by atoms with van der Waals surface area (Å²) in [7, 11) is 0. The molecule has 0 aliphatic rings. The average Bonchev–Trinajstić information content (AvgIpc) is 1.79. The van der Waals surface area contributed by atoms with Crippen molar-refractivity contribution in [2.75, 3.05) is 0 Å². The molecule has 0 fully saturated rings. The second-order valence-corrected chi connectivity index (χ2v) is 6.84. The zero-order chi connectivity index (χ0) is 14.4. The first-order valence-corrected chi connectivity index (χ1v) is 8.86. The second-order valence-electron chi connectivity index (χ2n) is 1.84. The second kappa shape index (κ2) is 19.5. The first-order valence-electron chi connectivity index (χ1n) is 3.54. The van der Waals surface area contributed by atoms with Gasteiger partial charge in [-0.1, -0.05) is 12.2 Å². The minimum atomic E-state index is -3.81. The Bertz CT molecular complexity index is 208. The van der Waals surface area contributed by atoms with Crippen molar-refractivity contribution in [2.45, 2.75) is 13.8 Å². The van der Waals surface area contributed by atoms with E-state index in [0.29, 0.717) is 0 Å². The summed E-state index contributed by atoms with van der Waals surface area (Å²) in [5.74, 6) is 0. The zero-order valence-corrected chi connectivity index (χ0v) is 16.1. The van der Waals surface area contributed by atoms with Crippen LogP contribution in [0, 0.1) is 0 Å². The van der Waals surface area contributed by atoms with Crippen LogP contribution in [-0.2, 0) is 43.1 Å². The molecule has 0 amide bonds. The van der Waals surface area contributed by atoms with Gasteiger partial charge < -0.3 is 29.4 Å². The van der Waals surface area contributed by atoms with Crippen LogP contribution < -0.4 is 0 Å². The smallest absolute Gasteiger partial charge is 0.319 e. The van der Waals surface area contributed by atoms with Crippen LogP contribution in [0.25, 0.3) is 0 Å². The van der Waals surface area contributed by atoms with E-state index in [2.05, 4.69) is 36.8 Å². The van der Waals surface area contributed by atoms with Crippen LogP contribution in [0.15, 0.2) is 25.3 Å². The summed E-state index contributed by atoms with van der Waals surface area (Å²) in [6.07, 6.45) is 3.50. The molecule has 0 bridgehead atoms. The van der Waals surface area contributed by atoms with Crippen LogP contribution in [0.2, 0.25) is 0 Å².